The highest BCUT2D eigenvalue weighted by Gasteiger charge is 2.21. The molecule has 170 valence electrons. The Morgan fingerprint density at radius 3 is 2.48 bits per heavy atom. The van der Waals surface area contributed by atoms with E-state index in [1.165, 1.54) is 0 Å². The van der Waals surface area contributed by atoms with Crippen LogP contribution in [-0.4, -0.2) is 70.2 Å². The van der Waals surface area contributed by atoms with Crippen molar-refractivity contribution >= 4 is 35.6 Å². The number of para-hydroxylation sites is 2. The Labute approximate surface area is 202 Å². The van der Waals surface area contributed by atoms with Gasteiger partial charge in [0, 0.05) is 51.9 Å². The fraction of sp³-hybridized carbons (Fsp3) is 0.435. The van der Waals surface area contributed by atoms with Crippen LogP contribution in [0.1, 0.15) is 11.1 Å². The fourth-order valence-corrected chi connectivity index (χ4v) is 3.76. The van der Waals surface area contributed by atoms with E-state index in [-0.39, 0.29) is 29.8 Å². The molecule has 2 aromatic rings. The van der Waals surface area contributed by atoms with Gasteiger partial charge in [-0.2, -0.15) is 0 Å². The van der Waals surface area contributed by atoms with Crippen molar-refractivity contribution in [2.75, 3.05) is 59.3 Å². The molecular formula is C23H33FIN5O. The largest absolute Gasteiger partial charge is 0.495 e. The maximum Gasteiger partial charge on any atom is 0.194 e. The second-order valence-corrected chi connectivity index (χ2v) is 7.71. The molecule has 8 heteroatoms. The van der Waals surface area contributed by atoms with Gasteiger partial charge in [-0.25, -0.2) is 4.39 Å². The molecule has 3 rings (SSSR count). The van der Waals surface area contributed by atoms with Crippen molar-refractivity contribution in [3.63, 3.8) is 0 Å². The number of ether oxygens (including phenoxy) is 1. The Hall–Kier alpha value is -2.07. The number of rotatable bonds is 6. The first-order chi connectivity index (χ1) is 14.5. The standard InChI is InChI=1S/C23H32FN5O.HI/c1-25-23(26-16-18-9-10-20(24)19(15-18)17-27(2)3)29-13-11-28(12-14-29)21-7-5-6-8-22(21)30-4;/h5-10,15H,11-14,16-17H2,1-4H3,(H,25,26);1H. The maximum absolute atomic E-state index is 14.0. The van der Waals surface area contributed by atoms with E-state index in [1.807, 2.05) is 49.3 Å². The van der Waals surface area contributed by atoms with Gasteiger partial charge in [-0.3, -0.25) is 4.99 Å². The van der Waals surface area contributed by atoms with Crippen LogP contribution in [-0.2, 0) is 13.1 Å². The second kappa shape index (κ2) is 12.1. The van der Waals surface area contributed by atoms with Crippen LogP contribution in [0.4, 0.5) is 10.1 Å². The van der Waals surface area contributed by atoms with Crippen LogP contribution in [0, 0.1) is 5.82 Å². The van der Waals surface area contributed by atoms with Gasteiger partial charge in [0.25, 0.3) is 0 Å². The summed E-state index contributed by atoms with van der Waals surface area (Å²) in [6.07, 6.45) is 0. The predicted molar refractivity (Wildman–Crippen MR) is 136 cm³/mol. The zero-order chi connectivity index (χ0) is 21.5. The van der Waals surface area contributed by atoms with E-state index in [0.717, 1.165) is 49.1 Å². The molecule has 1 heterocycles. The van der Waals surface area contributed by atoms with Crippen molar-refractivity contribution in [3.05, 3.63) is 59.4 Å². The zero-order valence-corrected chi connectivity index (χ0v) is 21.1. The smallest absolute Gasteiger partial charge is 0.194 e. The number of benzene rings is 2. The molecule has 1 N–H and O–H groups in total. The number of nitrogens with one attached hydrogen (secondary N) is 1. The molecule has 0 radical (unpaired) electrons. The first kappa shape index (κ1) is 25.2. The van der Waals surface area contributed by atoms with Gasteiger partial charge in [-0.05, 0) is 43.9 Å². The topological polar surface area (TPSA) is 43.3 Å². The minimum Gasteiger partial charge on any atom is -0.495 e. The van der Waals surface area contributed by atoms with Crippen molar-refractivity contribution in [2.24, 2.45) is 4.99 Å². The molecule has 6 nitrogen and oxygen atoms in total. The summed E-state index contributed by atoms with van der Waals surface area (Å²) in [4.78, 5) is 11.0. The number of hydrogen-bond donors (Lipinski definition) is 1. The van der Waals surface area contributed by atoms with Crippen LogP contribution in [0.15, 0.2) is 47.5 Å². The minimum absolute atomic E-state index is 0. The number of aliphatic imine (C=N–C) groups is 1. The molecule has 0 atom stereocenters. The molecule has 0 saturated carbocycles. The number of methoxy groups -OCH3 is 1. The number of anilines is 1. The number of hydrogen-bond acceptors (Lipinski definition) is 4. The maximum atomic E-state index is 14.0. The molecule has 2 aromatic carbocycles. The van der Waals surface area contributed by atoms with Crippen molar-refractivity contribution in [2.45, 2.75) is 13.1 Å². The van der Waals surface area contributed by atoms with Crippen molar-refractivity contribution in [3.8, 4) is 5.75 Å². The Balaban J connectivity index is 0.00000341. The fourth-order valence-electron chi connectivity index (χ4n) is 3.76. The summed E-state index contributed by atoms with van der Waals surface area (Å²) >= 11 is 0. The summed E-state index contributed by atoms with van der Waals surface area (Å²) in [5.41, 5.74) is 2.88. The lowest BCUT2D eigenvalue weighted by atomic mass is 10.1. The molecule has 1 saturated heterocycles. The molecule has 0 aromatic heterocycles. The van der Waals surface area contributed by atoms with E-state index in [4.69, 9.17) is 4.74 Å². The lowest BCUT2D eigenvalue weighted by molar-refractivity contribution is 0.367. The van der Waals surface area contributed by atoms with E-state index >= 15 is 0 Å². The predicted octanol–water partition coefficient (Wildman–Crippen LogP) is 3.41. The molecule has 31 heavy (non-hydrogen) atoms. The van der Waals surface area contributed by atoms with Crippen LogP contribution < -0.4 is 15.0 Å². The third-order valence-corrected chi connectivity index (χ3v) is 5.26. The molecule has 0 unspecified atom stereocenters. The molecule has 0 amide bonds. The summed E-state index contributed by atoms with van der Waals surface area (Å²) in [7, 11) is 7.39. The van der Waals surface area contributed by atoms with Gasteiger partial charge in [0.2, 0.25) is 0 Å². The summed E-state index contributed by atoms with van der Waals surface area (Å²) < 4.78 is 19.5. The lowest BCUT2D eigenvalue weighted by Gasteiger charge is -2.38. The van der Waals surface area contributed by atoms with Crippen LogP contribution in [0.5, 0.6) is 5.75 Å². The highest BCUT2D eigenvalue weighted by atomic mass is 127. The third-order valence-electron chi connectivity index (χ3n) is 5.26. The second-order valence-electron chi connectivity index (χ2n) is 7.71. The molecule has 1 fully saturated rings. The van der Waals surface area contributed by atoms with E-state index in [9.17, 15) is 4.39 Å². The summed E-state index contributed by atoms with van der Waals surface area (Å²) in [6, 6.07) is 13.4. The van der Waals surface area contributed by atoms with Gasteiger partial charge < -0.3 is 24.8 Å². The highest BCUT2D eigenvalue weighted by Crippen LogP contribution is 2.28. The molecule has 0 aliphatic carbocycles. The van der Waals surface area contributed by atoms with Gasteiger partial charge >= 0.3 is 0 Å². The molecular weight excluding hydrogens is 508 g/mol. The monoisotopic (exact) mass is 541 g/mol. The molecule has 0 spiro atoms. The van der Waals surface area contributed by atoms with Gasteiger partial charge in [0.05, 0.1) is 12.8 Å². The van der Waals surface area contributed by atoms with Crippen molar-refractivity contribution < 1.29 is 9.13 Å². The summed E-state index contributed by atoms with van der Waals surface area (Å²) in [6.45, 7) is 4.72. The van der Waals surface area contributed by atoms with Gasteiger partial charge in [-0.15, -0.1) is 24.0 Å². The van der Waals surface area contributed by atoms with Crippen molar-refractivity contribution in [1.82, 2.24) is 15.1 Å². The molecule has 1 aliphatic heterocycles. The Bertz CT molecular complexity index is 869. The number of nitrogens with zero attached hydrogens (tertiary/aromatic N) is 4. The van der Waals surface area contributed by atoms with Crippen LogP contribution in [0.2, 0.25) is 0 Å². The highest BCUT2D eigenvalue weighted by molar-refractivity contribution is 14.0. The van der Waals surface area contributed by atoms with Crippen LogP contribution in [0.25, 0.3) is 0 Å². The Kier molecular flexibility index (Phi) is 9.83. The number of piperazine rings is 1. The van der Waals surface area contributed by atoms with E-state index < -0.39 is 0 Å². The number of guanidine groups is 1. The average molecular weight is 541 g/mol. The molecule has 0 bridgehead atoms. The van der Waals surface area contributed by atoms with Gasteiger partial charge in [0.1, 0.15) is 11.6 Å². The molecule has 1 aliphatic rings. The first-order valence-electron chi connectivity index (χ1n) is 10.3. The van der Waals surface area contributed by atoms with E-state index in [1.54, 1.807) is 20.2 Å². The third kappa shape index (κ3) is 6.70. The summed E-state index contributed by atoms with van der Waals surface area (Å²) in [5, 5.41) is 3.43. The quantitative estimate of drug-likeness (QED) is 0.345. The zero-order valence-electron chi connectivity index (χ0n) is 18.8. The average Bonchev–Trinajstić information content (AvgIpc) is 2.76. The first-order valence-corrected chi connectivity index (χ1v) is 10.3. The van der Waals surface area contributed by atoms with E-state index in [2.05, 4.69) is 26.2 Å². The summed E-state index contributed by atoms with van der Waals surface area (Å²) in [5.74, 6) is 1.61. The van der Waals surface area contributed by atoms with Crippen LogP contribution in [0.3, 0.4) is 0 Å². The minimum atomic E-state index is -0.163. The Morgan fingerprint density at radius 2 is 1.84 bits per heavy atom. The van der Waals surface area contributed by atoms with Crippen LogP contribution >= 0.6 is 24.0 Å². The van der Waals surface area contributed by atoms with Crippen molar-refractivity contribution in [1.29, 1.82) is 0 Å². The number of halogens is 2. The van der Waals surface area contributed by atoms with Gasteiger partial charge in [-0.1, -0.05) is 18.2 Å². The normalized spacial score (nSPS) is 14.5. The van der Waals surface area contributed by atoms with E-state index in [0.29, 0.717) is 18.7 Å². The van der Waals surface area contributed by atoms with Gasteiger partial charge in [0.15, 0.2) is 5.96 Å². The Morgan fingerprint density at radius 1 is 1.13 bits per heavy atom. The lowest BCUT2D eigenvalue weighted by Crippen LogP contribution is -2.52. The SMILES string of the molecule is CN=C(NCc1ccc(F)c(CN(C)C)c1)N1CCN(c2ccccc2OC)CC1.I.